The van der Waals surface area contributed by atoms with Crippen LogP contribution in [0.25, 0.3) is 11.2 Å². The second-order valence-corrected chi connectivity index (χ2v) is 13.2. The molecule has 2 aromatic rings. The van der Waals surface area contributed by atoms with Gasteiger partial charge in [-0.3, -0.25) is 13.7 Å². The van der Waals surface area contributed by atoms with Gasteiger partial charge in [-0.25, -0.2) is 4.98 Å². The number of nitrogens with zero attached hydrogens (tertiary/aromatic N) is 4. The van der Waals surface area contributed by atoms with E-state index < -0.39 is 52.2 Å². The van der Waals surface area contributed by atoms with E-state index in [0.717, 1.165) is 0 Å². The van der Waals surface area contributed by atoms with Crippen LogP contribution in [-0.2, 0) is 18.4 Å². The number of rotatable bonds is 8. The topological polar surface area (TPSA) is 209 Å². The number of aliphatic hydroxyl groups excluding tert-OH is 2. The van der Waals surface area contributed by atoms with Crippen LogP contribution in [0.4, 0.5) is 5.82 Å². The molecule has 1 fully saturated rings. The number of nitrogens with one attached hydrogen (secondary N) is 1. The predicted octanol–water partition coefficient (Wildman–Crippen LogP) is 0.894. The Morgan fingerprint density at radius 3 is 2.48 bits per heavy atom. The molecule has 1 unspecified atom stereocenters. The molecular formula is C16H26ClN5O9P2. The van der Waals surface area contributed by atoms with Gasteiger partial charge in [-0.15, -0.1) is 0 Å². The maximum absolute atomic E-state index is 11.9. The molecule has 14 nitrogen and oxygen atoms in total. The van der Waals surface area contributed by atoms with Crippen molar-refractivity contribution in [2.75, 3.05) is 24.4 Å². The normalized spacial score (nSPS) is 26.0. The Balaban J connectivity index is 1.81. The number of hydrogen-bond donors (Lipinski definition) is 6. The van der Waals surface area contributed by atoms with E-state index in [-0.39, 0.29) is 16.3 Å². The highest BCUT2D eigenvalue weighted by Crippen LogP contribution is 2.55. The molecule has 0 spiro atoms. The number of fused-ring (bicyclic) bond motifs is 1. The zero-order valence-electron chi connectivity index (χ0n) is 17.9. The van der Waals surface area contributed by atoms with Crippen molar-refractivity contribution in [3.05, 3.63) is 11.6 Å². The van der Waals surface area contributed by atoms with Crippen LogP contribution in [-0.4, -0.2) is 81.8 Å². The van der Waals surface area contributed by atoms with E-state index in [1.54, 1.807) is 0 Å². The van der Waals surface area contributed by atoms with E-state index in [2.05, 4.69) is 20.3 Å². The molecule has 0 radical (unpaired) electrons. The molecule has 0 aromatic carbocycles. The lowest BCUT2D eigenvalue weighted by atomic mass is 9.97. The SMILES string of the molecule is CC(C)(C)CNc1nc(Cl)nc2c1ncn2[C@@H]1O[C@H](COP(=O)(O)CP(=O)(O)O)[C@@H](O)[C@H]1O. The van der Waals surface area contributed by atoms with E-state index in [1.165, 1.54) is 10.9 Å². The van der Waals surface area contributed by atoms with Gasteiger partial charge >= 0.3 is 15.2 Å². The van der Waals surface area contributed by atoms with E-state index in [9.17, 15) is 24.2 Å². The van der Waals surface area contributed by atoms with Crippen LogP contribution >= 0.6 is 26.8 Å². The van der Waals surface area contributed by atoms with Gasteiger partial charge in [0, 0.05) is 6.54 Å². The summed E-state index contributed by atoms with van der Waals surface area (Å²) in [6, 6.07) is 0. The summed E-state index contributed by atoms with van der Waals surface area (Å²) in [5.74, 6) is -1.02. The Morgan fingerprint density at radius 2 is 1.88 bits per heavy atom. The maximum Gasteiger partial charge on any atom is 0.340 e. The molecule has 2 aromatic heterocycles. The third-order valence-corrected chi connectivity index (χ3v) is 8.22. The fourth-order valence-corrected chi connectivity index (χ4v) is 5.84. The van der Waals surface area contributed by atoms with Gasteiger partial charge in [-0.05, 0) is 17.0 Å². The molecule has 1 aliphatic heterocycles. The van der Waals surface area contributed by atoms with Crippen LogP contribution in [0.3, 0.4) is 0 Å². The number of ether oxygens (including phenoxy) is 1. The number of aromatic nitrogens is 4. The van der Waals surface area contributed by atoms with E-state index >= 15 is 0 Å². The third kappa shape index (κ3) is 6.70. The van der Waals surface area contributed by atoms with Crippen LogP contribution in [0.15, 0.2) is 6.33 Å². The Morgan fingerprint density at radius 1 is 1.21 bits per heavy atom. The number of anilines is 1. The first-order chi connectivity index (χ1) is 15.1. The second-order valence-electron chi connectivity index (χ2n) is 8.87. The summed E-state index contributed by atoms with van der Waals surface area (Å²) < 4.78 is 34.5. The highest BCUT2D eigenvalue weighted by Gasteiger charge is 2.45. The first kappa shape index (κ1) is 26.4. The second kappa shape index (κ2) is 9.46. The van der Waals surface area contributed by atoms with Gasteiger partial charge in [0.2, 0.25) is 5.28 Å². The summed E-state index contributed by atoms with van der Waals surface area (Å²) in [5, 5.41) is 23.9. The highest BCUT2D eigenvalue weighted by molar-refractivity contribution is 7.70. The molecule has 3 heterocycles. The quantitative estimate of drug-likeness (QED) is 0.207. The summed E-state index contributed by atoms with van der Waals surface area (Å²) in [7, 11) is -9.48. The van der Waals surface area contributed by atoms with Gasteiger partial charge < -0.3 is 39.5 Å². The van der Waals surface area contributed by atoms with Crippen molar-refractivity contribution in [1.29, 1.82) is 0 Å². The smallest absolute Gasteiger partial charge is 0.340 e. The molecule has 0 aliphatic carbocycles. The van der Waals surface area contributed by atoms with E-state index in [0.29, 0.717) is 17.9 Å². The summed E-state index contributed by atoms with van der Waals surface area (Å²) in [4.78, 5) is 39.9. The Labute approximate surface area is 193 Å². The Bertz CT molecular complexity index is 1100. The molecule has 0 saturated carbocycles. The van der Waals surface area contributed by atoms with E-state index in [4.69, 9.17) is 30.6 Å². The molecule has 5 atom stereocenters. The zero-order valence-corrected chi connectivity index (χ0v) is 20.5. The summed E-state index contributed by atoms with van der Waals surface area (Å²) in [6.07, 6.45) is -4.23. The number of halogens is 1. The van der Waals surface area contributed by atoms with Gasteiger partial charge in [0.05, 0.1) is 12.9 Å². The molecule has 33 heavy (non-hydrogen) atoms. The van der Waals surface area contributed by atoms with Gasteiger partial charge in [0.15, 0.2) is 29.1 Å². The first-order valence-electron chi connectivity index (χ1n) is 9.73. The van der Waals surface area contributed by atoms with Gasteiger partial charge in [0.1, 0.15) is 18.3 Å². The molecule has 17 heteroatoms. The summed E-state index contributed by atoms with van der Waals surface area (Å²) >= 11 is 6.06. The van der Waals surface area contributed by atoms with Crippen LogP contribution in [0.2, 0.25) is 5.28 Å². The molecule has 0 amide bonds. The van der Waals surface area contributed by atoms with Crippen molar-refractivity contribution in [3.8, 4) is 0 Å². The zero-order chi connectivity index (χ0) is 24.8. The lowest BCUT2D eigenvalue weighted by Crippen LogP contribution is -2.33. The van der Waals surface area contributed by atoms with Crippen LogP contribution in [0.5, 0.6) is 0 Å². The lowest BCUT2D eigenvalue weighted by Gasteiger charge is -2.19. The van der Waals surface area contributed by atoms with Crippen LogP contribution in [0, 0.1) is 5.41 Å². The van der Waals surface area contributed by atoms with Crippen molar-refractivity contribution in [2.24, 2.45) is 5.41 Å². The molecule has 1 aliphatic rings. The van der Waals surface area contributed by atoms with Crippen molar-refractivity contribution in [2.45, 2.75) is 45.3 Å². The fraction of sp³-hybridized carbons (Fsp3) is 0.688. The van der Waals surface area contributed by atoms with Crippen molar-refractivity contribution in [3.63, 3.8) is 0 Å². The number of imidazole rings is 1. The summed E-state index contributed by atoms with van der Waals surface area (Å²) in [5.41, 5.74) is 0.481. The highest BCUT2D eigenvalue weighted by atomic mass is 35.5. The maximum atomic E-state index is 11.9. The predicted molar refractivity (Wildman–Crippen MR) is 117 cm³/mol. The summed E-state index contributed by atoms with van der Waals surface area (Å²) in [6.45, 7) is 5.92. The molecule has 3 rings (SSSR count). The minimum absolute atomic E-state index is 0.0691. The van der Waals surface area contributed by atoms with E-state index in [1.807, 2.05) is 20.8 Å². The van der Waals surface area contributed by atoms with Crippen molar-refractivity contribution < 1.29 is 43.3 Å². The molecule has 6 N–H and O–H groups in total. The van der Waals surface area contributed by atoms with Gasteiger partial charge in [-0.1, -0.05) is 20.8 Å². The molecule has 186 valence electrons. The van der Waals surface area contributed by atoms with Gasteiger partial charge in [-0.2, -0.15) is 9.97 Å². The van der Waals surface area contributed by atoms with Crippen molar-refractivity contribution >= 4 is 43.8 Å². The fourth-order valence-electron chi connectivity index (χ4n) is 3.11. The lowest BCUT2D eigenvalue weighted by molar-refractivity contribution is -0.0483. The Hall–Kier alpha value is -1.18. The third-order valence-electron chi connectivity index (χ3n) is 4.60. The molecule has 1 saturated heterocycles. The van der Waals surface area contributed by atoms with Crippen molar-refractivity contribution in [1.82, 2.24) is 19.5 Å². The standard InChI is InChI=1S/C16H26ClN5O9P2/c1-16(2,3)5-18-12-9-13(21-15(17)20-12)22(6-19-9)14-11(24)10(23)8(31-14)4-30-33(28,29)7-32(25,26)27/h6,8,10-11,14,23-24H,4-5,7H2,1-3H3,(H,28,29)(H,18,20,21)(H2,25,26,27)/t8-,10-,11-,14-/m1/s1. The monoisotopic (exact) mass is 529 g/mol. The molecule has 0 bridgehead atoms. The van der Waals surface area contributed by atoms with Crippen LogP contribution < -0.4 is 5.32 Å². The van der Waals surface area contributed by atoms with Crippen LogP contribution in [0.1, 0.15) is 27.0 Å². The number of aliphatic hydroxyl groups is 2. The minimum atomic E-state index is -4.82. The average molecular weight is 530 g/mol. The average Bonchev–Trinajstić information content (AvgIpc) is 3.17. The first-order valence-corrected chi connectivity index (χ1v) is 13.7. The minimum Gasteiger partial charge on any atom is -0.387 e. The molecular weight excluding hydrogens is 504 g/mol. The Kier molecular flexibility index (Phi) is 7.58. The number of hydrogen-bond acceptors (Lipinski definition) is 10. The largest absolute Gasteiger partial charge is 0.387 e. The van der Waals surface area contributed by atoms with Gasteiger partial charge in [0.25, 0.3) is 0 Å².